The van der Waals surface area contributed by atoms with E-state index in [1.165, 1.54) is 0 Å². The summed E-state index contributed by atoms with van der Waals surface area (Å²) in [5, 5.41) is 14.1. The molecule has 2 rings (SSSR count). The summed E-state index contributed by atoms with van der Waals surface area (Å²) < 4.78 is 7.24. The first-order valence-corrected chi connectivity index (χ1v) is 8.52. The van der Waals surface area contributed by atoms with E-state index >= 15 is 0 Å². The van der Waals surface area contributed by atoms with Gasteiger partial charge in [-0.15, -0.1) is 11.3 Å². The molecule has 0 aliphatic heterocycles. The summed E-state index contributed by atoms with van der Waals surface area (Å²) in [4.78, 5) is 13.3. The number of nitriles is 1. The van der Waals surface area contributed by atoms with Gasteiger partial charge >= 0.3 is 0 Å². The number of carbonyl (C=O) groups is 1. The molecule has 1 amide bonds. The molecule has 2 aromatic rings. The van der Waals surface area contributed by atoms with Crippen LogP contribution in [0.1, 0.15) is 21.8 Å². The second-order valence-electron chi connectivity index (χ2n) is 5.40. The van der Waals surface area contributed by atoms with Gasteiger partial charge in [-0.1, -0.05) is 6.07 Å². The minimum Gasteiger partial charge on any atom is -0.383 e. The zero-order valence-corrected chi connectivity index (χ0v) is 14.9. The molecule has 0 fully saturated rings. The van der Waals surface area contributed by atoms with E-state index in [0.717, 1.165) is 28.4 Å². The molecule has 6 heteroatoms. The zero-order valence-electron chi connectivity index (χ0n) is 14.1. The lowest BCUT2D eigenvalue weighted by molar-refractivity contribution is -0.117. The van der Waals surface area contributed by atoms with Crippen molar-refractivity contribution in [3.63, 3.8) is 0 Å². The van der Waals surface area contributed by atoms with Crippen LogP contribution in [0.5, 0.6) is 0 Å². The topological polar surface area (TPSA) is 67.0 Å². The molecular weight excluding hydrogens is 322 g/mol. The second-order valence-corrected chi connectivity index (χ2v) is 6.44. The van der Waals surface area contributed by atoms with Crippen molar-refractivity contribution in [2.75, 3.05) is 13.7 Å². The molecule has 2 heterocycles. The standard InChI is InChI=1S/C18H21N3O2S/c1-13-9-15(14(2)21(13)6-7-23-3)10-16(11-19)18(22)20-12-17-5-4-8-24-17/h4-5,8-10H,6-7,12H2,1-3H3,(H,20,22)/b16-10+. The van der Waals surface area contributed by atoms with Crippen molar-refractivity contribution in [3.05, 3.63) is 51.0 Å². The normalized spacial score (nSPS) is 11.3. The van der Waals surface area contributed by atoms with Crippen molar-refractivity contribution in [2.45, 2.75) is 26.9 Å². The summed E-state index contributed by atoms with van der Waals surface area (Å²) >= 11 is 1.57. The average molecular weight is 343 g/mol. The van der Waals surface area contributed by atoms with Crippen molar-refractivity contribution in [1.29, 1.82) is 5.26 Å². The van der Waals surface area contributed by atoms with Crippen LogP contribution in [0, 0.1) is 25.2 Å². The maximum absolute atomic E-state index is 12.2. The second kappa shape index (κ2) is 8.48. The number of nitrogens with zero attached hydrogens (tertiary/aromatic N) is 2. The van der Waals surface area contributed by atoms with E-state index in [0.29, 0.717) is 13.2 Å². The van der Waals surface area contributed by atoms with Crippen LogP contribution >= 0.6 is 11.3 Å². The van der Waals surface area contributed by atoms with Crippen LogP contribution in [0.3, 0.4) is 0 Å². The number of rotatable bonds is 7. The number of ether oxygens (including phenoxy) is 1. The van der Waals surface area contributed by atoms with Gasteiger partial charge in [-0.2, -0.15) is 5.26 Å². The number of carbonyl (C=O) groups excluding carboxylic acids is 1. The molecule has 24 heavy (non-hydrogen) atoms. The Morgan fingerprint density at radius 3 is 2.92 bits per heavy atom. The highest BCUT2D eigenvalue weighted by atomic mass is 32.1. The molecule has 126 valence electrons. The van der Waals surface area contributed by atoms with Crippen molar-refractivity contribution in [2.24, 2.45) is 0 Å². The van der Waals surface area contributed by atoms with Crippen LogP contribution in [-0.2, 0) is 22.6 Å². The molecule has 0 bridgehead atoms. The van der Waals surface area contributed by atoms with Crippen LogP contribution in [0.2, 0.25) is 0 Å². The summed E-state index contributed by atoms with van der Waals surface area (Å²) in [7, 11) is 1.67. The maximum atomic E-state index is 12.2. The van der Waals surface area contributed by atoms with Crippen molar-refractivity contribution in [1.82, 2.24) is 9.88 Å². The molecule has 0 aliphatic rings. The summed E-state index contributed by atoms with van der Waals surface area (Å²) in [6.07, 6.45) is 1.65. The van der Waals surface area contributed by atoms with E-state index in [1.807, 2.05) is 43.5 Å². The van der Waals surface area contributed by atoms with Gasteiger partial charge in [0.05, 0.1) is 13.2 Å². The summed E-state index contributed by atoms with van der Waals surface area (Å²) in [5.41, 5.74) is 3.08. The van der Waals surface area contributed by atoms with Gasteiger partial charge in [0.25, 0.3) is 5.91 Å². The maximum Gasteiger partial charge on any atom is 0.262 e. The van der Waals surface area contributed by atoms with E-state index in [-0.39, 0.29) is 11.5 Å². The number of methoxy groups -OCH3 is 1. The quantitative estimate of drug-likeness (QED) is 0.621. The minimum atomic E-state index is -0.354. The highest BCUT2D eigenvalue weighted by molar-refractivity contribution is 7.09. The Balaban J connectivity index is 2.14. The van der Waals surface area contributed by atoms with Crippen LogP contribution < -0.4 is 5.32 Å². The van der Waals surface area contributed by atoms with Gasteiger partial charge in [0.2, 0.25) is 0 Å². The van der Waals surface area contributed by atoms with E-state index < -0.39 is 0 Å². The number of hydrogen-bond donors (Lipinski definition) is 1. The van der Waals surface area contributed by atoms with Gasteiger partial charge < -0.3 is 14.6 Å². The SMILES string of the molecule is COCCn1c(C)cc(/C=C(\C#N)C(=O)NCc2cccs2)c1C. The first-order valence-electron chi connectivity index (χ1n) is 7.65. The lowest BCUT2D eigenvalue weighted by Crippen LogP contribution is -2.23. The third kappa shape index (κ3) is 4.34. The van der Waals surface area contributed by atoms with Crippen LogP contribution in [0.4, 0.5) is 0 Å². The van der Waals surface area contributed by atoms with Crippen LogP contribution in [0.15, 0.2) is 29.2 Å². The average Bonchev–Trinajstić information content (AvgIpc) is 3.18. The van der Waals surface area contributed by atoms with Crippen LogP contribution in [-0.4, -0.2) is 24.2 Å². The Kier molecular flexibility index (Phi) is 6.36. The van der Waals surface area contributed by atoms with Gasteiger partial charge in [0.15, 0.2) is 0 Å². The van der Waals surface area contributed by atoms with Crippen molar-refractivity contribution >= 4 is 23.3 Å². The van der Waals surface area contributed by atoms with Gasteiger partial charge in [-0.05, 0) is 43.0 Å². The largest absolute Gasteiger partial charge is 0.383 e. The van der Waals surface area contributed by atoms with E-state index in [4.69, 9.17) is 4.74 Å². The molecule has 0 saturated heterocycles. The summed E-state index contributed by atoms with van der Waals surface area (Å²) in [6, 6.07) is 7.86. The fraction of sp³-hybridized carbons (Fsp3) is 0.333. The fourth-order valence-corrected chi connectivity index (χ4v) is 3.12. The van der Waals surface area contributed by atoms with Crippen LogP contribution in [0.25, 0.3) is 6.08 Å². The predicted octanol–water partition coefficient (Wildman–Crippen LogP) is 3.04. The van der Waals surface area contributed by atoms with Gasteiger partial charge in [-0.25, -0.2) is 0 Å². The number of hydrogen-bond acceptors (Lipinski definition) is 4. The zero-order chi connectivity index (χ0) is 17.5. The molecule has 0 saturated carbocycles. The van der Waals surface area contributed by atoms with Gasteiger partial charge in [0.1, 0.15) is 11.6 Å². The molecule has 0 atom stereocenters. The van der Waals surface area contributed by atoms with E-state index in [2.05, 4.69) is 9.88 Å². The summed E-state index contributed by atoms with van der Waals surface area (Å²) in [5.74, 6) is -0.354. The highest BCUT2D eigenvalue weighted by Gasteiger charge is 2.12. The molecule has 0 aliphatic carbocycles. The predicted molar refractivity (Wildman–Crippen MR) is 95.5 cm³/mol. The Morgan fingerprint density at radius 1 is 1.50 bits per heavy atom. The molecule has 0 radical (unpaired) electrons. The smallest absolute Gasteiger partial charge is 0.262 e. The molecule has 2 aromatic heterocycles. The number of aromatic nitrogens is 1. The number of amides is 1. The minimum absolute atomic E-state index is 0.110. The molecule has 0 spiro atoms. The highest BCUT2D eigenvalue weighted by Crippen LogP contribution is 2.18. The lowest BCUT2D eigenvalue weighted by Gasteiger charge is -2.08. The van der Waals surface area contributed by atoms with E-state index in [9.17, 15) is 10.1 Å². The van der Waals surface area contributed by atoms with Crippen molar-refractivity contribution < 1.29 is 9.53 Å². The first kappa shape index (κ1) is 18.0. The first-order chi connectivity index (χ1) is 11.6. The van der Waals surface area contributed by atoms with Gasteiger partial charge in [0, 0.05) is 29.9 Å². The summed E-state index contributed by atoms with van der Waals surface area (Å²) in [6.45, 7) is 5.78. The Bertz CT molecular complexity index is 767. The number of nitrogens with one attached hydrogen (secondary N) is 1. The Morgan fingerprint density at radius 2 is 2.29 bits per heavy atom. The third-order valence-electron chi connectivity index (χ3n) is 3.80. The third-order valence-corrected chi connectivity index (χ3v) is 4.68. The van der Waals surface area contributed by atoms with E-state index in [1.54, 1.807) is 24.5 Å². The Hall–Kier alpha value is -2.36. The fourth-order valence-electron chi connectivity index (χ4n) is 2.48. The molecule has 0 unspecified atom stereocenters. The van der Waals surface area contributed by atoms with Crippen molar-refractivity contribution in [3.8, 4) is 6.07 Å². The van der Waals surface area contributed by atoms with Gasteiger partial charge in [-0.3, -0.25) is 4.79 Å². The molecular formula is C18H21N3O2S. The number of aryl methyl sites for hydroxylation is 1. The number of thiophene rings is 1. The molecule has 0 aromatic carbocycles. The Labute approximate surface area is 146 Å². The molecule has 1 N–H and O–H groups in total. The lowest BCUT2D eigenvalue weighted by atomic mass is 10.1. The molecule has 5 nitrogen and oxygen atoms in total. The monoisotopic (exact) mass is 343 g/mol.